The Hall–Kier alpha value is -3.73. The summed E-state index contributed by atoms with van der Waals surface area (Å²) in [6.45, 7) is 3.31. The maximum absolute atomic E-state index is 13.1. The van der Waals surface area contributed by atoms with Crippen LogP contribution in [-0.4, -0.2) is 30.2 Å². The number of nitrogens with one attached hydrogen (secondary N) is 2. The minimum Gasteiger partial charge on any atom is -0.349 e. The van der Waals surface area contributed by atoms with E-state index >= 15 is 0 Å². The lowest BCUT2D eigenvalue weighted by atomic mass is 10.0. The van der Waals surface area contributed by atoms with Crippen LogP contribution >= 0.6 is 0 Å². The number of hydrogen-bond acceptors (Lipinski definition) is 3. The third-order valence-corrected chi connectivity index (χ3v) is 5.49. The number of carbonyl (C=O) groups is 3. The first-order valence-electron chi connectivity index (χ1n) is 11.3. The van der Waals surface area contributed by atoms with Crippen LogP contribution in [0, 0.1) is 0 Å². The Kier molecular flexibility index (Phi) is 8.53. The van der Waals surface area contributed by atoms with E-state index in [0.717, 1.165) is 29.4 Å². The van der Waals surface area contributed by atoms with Crippen molar-refractivity contribution in [3.8, 4) is 0 Å². The number of unbranched alkanes of at least 4 members (excludes halogenated alkanes) is 1. The molecule has 0 aliphatic heterocycles. The van der Waals surface area contributed by atoms with Gasteiger partial charge in [0.25, 0.3) is 5.91 Å². The summed E-state index contributed by atoms with van der Waals surface area (Å²) in [6, 6.07) is 21.1. The number of fused-ring (bicyclic) bond motifs is 1. The maximum Gasteiger partial charge on any atom is 0.252 e. The fraction of sp³-hybridized carbons (Fsp3) is 0.250. The highest BCUT2D eigenvalue weighted by Gasteiger charge is 2.21. The predicted molar refractivity (Wildman–Crippen MR) is 134 cm³/mol. The van der Waals surface area contributed by atoms with E-state index in [9.17, 15) is 14.4 Å². The molecule has 2 N–H and O–H groups in total. The summed E-state index contributed by atoms with van der Waals surface area (Å²) < 4.78 is 0. The third-order valence-electron chi connectivity index (χ3n) is 5.49. The quantitative estimate of drug-likeness (QED) is 0.434. The van der Waals surface area contributed by atoms with E-state index in [2.05, 4.69) is 34.9 Å². The Bertz CT molecular complexity index is 1170. The molecule has 0 radical (unpaired) electrons. The lowest BCUT2D eigenvalue weighted by Gasteiger charge is -2.18. The molecule has 0 bridgehead atoms. The van der Waals surface area contributed by atoms with E-state index in [4.69, 9.17) is 0 Å². The van der Waals surface area contributed by atoms with E-state index in [1.165, 1.54) is 12.3 Å². The van der Waals surface area contributed by atoms with Crippen LogP contribution in [0.1, 0.15) is 54.6 Å². The Morgan fingerprint density at radius 1 is 0.909 bits per heavy atom. The molecular formula is C28H30N2O3. The van der Waals surface area contributed by atoms with Crippen LogP contribution in [0.2, 0.25) is 0 Å². The SMILES string of the molecule is CCCCC(NC(=O)c1ccccc1C=Cc1ccc2ccccc2c1)C(=O)CNC(C)=O. The van der Waals surface area contributed by atoms with Gasteiger partial charge in [0.05, 0.1) is 12.6 Å². The molecule has 0 heterocycles. The lowest BCUT2D eigenvalue weighted by molar-refractivity contribution is -0.124. The van der Waals surface area contributed by atoms with Crippen molar-refractivity contribution >= 4 is 40.5 Å². The molecule has 170 valence electrons. The molecule has 0 aliphatic rings. The van der Waals surface area contributed by atoms with Crippen LogP contribution in [0.3, 0.4) is 0 Å². The smallest absolute Gasteiger partial charge is 0.252 e. The summed E-state index contributed by atoms with van der Waals surface area (Å²) in [7, 11) is 0. The van der Waals surface area contributed by atoms with Crippen LogP contribution in [0.15, 0.2) is 66.7 Å². The number of hydrogen-bond donors (Lipinski definition) is 2. The molecule has 1 unspecified atom stereocenters. The van der Waals surface area contributed by atoms with Gasteiger partial charge in [0.1, 0.15) is 0 Å². The number of carbonyl (C=O) groups excluding carboxylic acids is 3. The zero-order valence-corrected chi connectivity index (χ0v) is 19.1. The first kappa shape index (κ1) is 23.9. The van der Waals surface area contributed by atoms with Crippen LogP contribution in [-0.2, 0) is 9.59 Å². The third kappa shape index (κ3) is 6.88. The van der Waals surface area contributed by atoms with Crippen LogP contribution in [0.5, 0.6) is 0 Å². The maximum atomic E-state index is 13.1. The van der Waals surface area contributed by atoms with Crippen molar-refractivity contribution in [2.45, 2.75) is 39.2 Å². The largest absolute Gasteiger partial charge is 0.349 e. The van der Waals surface area contributed by atoms with Gasteiger partial charge in [-0.05, 0) is 40.5 Å². The molecule has 0 fully saturated rings. The van der Waals surface area contributed by atoms with Crippen molar-refractivity contribution < 1.29 is 14.4 Å². The van der Waals surface area contributed by atoms with Gasteiger partial charge in [-0.2, -0.15) is 0 Å². The number of ketones is 1. The minimum absolute atomic E-state index is 0.0898. The summed E-state index contributed by atoms with van der Waals surface area (Å²) in [5.41, 5.74) is 2.31. The fourth-order valence-corrected chi connectivity index (χ4v) is 3.64. The minimum atomic E-state index is -0.637. The molecule has 3 aromatic carbocycles. The highest BCUT2D eigenvalue weighted by atomic mass is 16.2. The van der Waals surface area contributed by atoms with E-state index in [1.807, 2.05) is 55.5 Å². The van der Waals surface area contributed by atoms with Crippen molar-refractivity contribution in [2.24, 2.45) is 0 Å². The fourth-order valence-electron chi connectivity index (χ4n) is 3.64. The van der Waals surface area contributed by atoms with Gasteiger partial charge in [-0.25, -0.2) is 0 Å². The second-order valence-corrected chi connectivity index (χ2v) is 8.07. The number of benzene rings is 3. The Morgan fingerprint density at radius 3 is 2.39 bits per heavy atom. The molecule has 0 saturated heterocycles. The van der Waals surface area contributed by atoms with Gasteiger partial charge in [0.15, 0.2) is 5.78 Å². The normalized spacial score (nSPS) is 11.9. The molecule has 0 spiro atoms. The molecule has 5 nitrogen and oxygen atoms in total. The zero-order chi connectivity index (χ0) is 23.6. The molecule has 33 heavy (non-hydrogen) atoms. The Balaban J connectivity index is 1.77. The van der Waals surface area contributed by atoms with Crippen molar-refractivity contribution in [3.63, 3.8) is 0 Å². The molecule has 0 aromatic heterocycles. The van der Waals surface area contributed by atoms with Crippen LogP contribution in [0.4, 0.5) is 0 Å². The van der Waals surface area contributed by atoms with Gasteiger partial charge in [0.2, 0.25) is 5.91 Å². The van der Waals surface area contributed by atoms with E-state index < -0.39 is 6.04 Å². The summed E-state index contributed by atoms with van der Waals surface area (Å²) in [5.74, 6) is -0.768. The zero-order valence-electron chi connectivity index (χ0n) is 19.1. The van der Waals surface area contributed by atoms with Gasteiger partial charge in [-0.1, -0.05) is 86.5 Å². The van der Waals surface area contributed by atoms with Crippen molar-refractivity contribution in [1.82, 2.24) is 10.6 Å². The second-order valence-electron chi connectivity index (χ2n) is 8.07. The average molecular weight is 443 g/mol. The topological polar surface area (TPSA) is 75.3 Å². The van der Waals surface area contributed by atoms with Gasteiger partial charge >= 0.3 is 0 Å². The Morgan fingerprint density at radius 2 is 1.64 bits per heavy atom. The summed E-state index contributed by atoms with van der Waals surface area (Å²) in [5, 5.41) is 7.74. The molecule has 3 rings (SSSR count). The van der Waals surface area contributed by atoms with Crippen LogP contribution in [0.25, 0.3) is 22.9 Å². The van der Waals surface area contributed by atoms with Crippen molar-refractivity contribution in [1.29, 1.82) is 0 Å². The van der Waals surface area contributed by atoms with E-state index in [1.54, 1.807) is 6.07 Å². The lowest BCUT2D eigenvalue weighted by Crippen LogP contribution is -2.45. The molecular weight excluding hydrogens is 412 g/mol. The van der Waals surface area contributed by atoms with E-state index in [0.29, 0.717) is 12.0 Å². The second kappa shape index (κ2) is 11.8. The predicted octanol–water partition coefficient (Wildman–Crippen LogP) is 5.00. The number of rotatable bonds is 10. The summed E-state index contributed by atoms with van der Waals surface area (Å²) in [4.78, 5) is 36.8. The van der Waals surface area contributed by atoms with Gasteiger partial charge < -0.3 is 10.6 Å². The van der Waals surface area contributed by atoms with Crippen molar-refractivity contribution in [3.05, 3.63) is 83.4 Å². The molecule has 0 aliphatic carbocycles. The molecule has 2 amide bonds. The monoisotopic (exact) mass is 442 g/mol. The van der Waals surface area contributed by atoms with Gasteiger partial charge in [-0.3, -0.25) is 14.4 Å². The van der Waals surface area contributed by atoms with Crippen molar-refractivity contribution in [2.75, 3.05) is 6.54 Å². The highest BCUT2D eigenvalue weighted by molar-refractivity contribution is 6.02. The number of amides is 2. The molecule has 5 heteroatoms. The average Bonchev–Trinajstić information content (AvgIpc) is 2.83. The Labute approximate surface area is 194 Å². The first-order valence-corrected chi connectivity index (χ1v) is 11.3. The summed E-state index contributed by atoms with van der Waals surface area (Å²) in [6.07, 6.45) is 6.15. The standard InChI is InChI=1S/C28H30N2O3/c1-3-4-13-26(27(32)19-29-20(2)31)30-28(33)25-12-8-7-10-23(25)17-15-21-14-16-22-9-5-6-11-24(22)18-21/h5-12,14-18,26H,3-4,13,19H2,1-2H3,(H,29,31)(H,30,33). The van der Waals surface area contributed by atoms with Gasteiger partial charge in [0, 0.05) is 12.5 Å². The highest BCUT2D eigenvalue weighted by Crippen LogP contribution is 2.19. The van der Waals surface area contributed by atoms with E-state index in [-0.39, 0.29) is 24.1 Å². The van der Waals surface area contributed by atoms with Gasteiger partial charge in [-0.15, -0.1) is 0 Å². The van der Waals surface area contributed by atoms with Crippen LogP contribution < -0.4 is 10.6 Å². The number of Topliss-reactive ketones (excluding diaryl/α,β-unsaturated/α-hetero) is 1. The molecule has 3 aromatic rings. The molecule has 1 atom stereocenters. The summed E-state index contributed by atoms with van der Waals surface area (Å²) >= 11 is 0. The first-order chi connectivity index (χ1) is 16.0. The molecule has 0 saturated carbocycles.